The Kier molecular flexibility index (Phi) is 3.50. The van der Waals surface area contributed by atoms with Crippen LogP contribution in [0.4, 0.5) is 0 Å². The van der Waals surface area contributed by atoms with E-state index in [9.17, 15) is 0 Å². The highest BCUT2D eigenvalue weighted by Crippen LogP contribution is 2.30. The number of hydrogen-bond acceptors (Lipinski definition) is 1. The predicted molar refractivity (Wildman–Crippen MR) is 80.0 cm³/mol. The first-order chi connectivity index (χ1) is 9.22. The highest BCUT2D eigenvalue weighted by Gasteiger charge is 2.14. The summed E-state index contributed by atoms with van der Waals surface area (Å²) in [6, 6.07) is 17.6. The van der Waals surface area contributed by atoms with Gasteiger partial charge in [0.25, 0.3) is 0 Å². The minimum absolute atomic E-state index is 0.173. The van der Waals surface area contributed by atoms with E-state index in [0.717, 1.165) is 33.7 Å². The van der Waals surface area contributed by atoms with Gasteiger partial charge < -0.3 is 4.42 Å². The molecule has 1 nitrogen and oxygen atoms in total. The second-order valence-electron chi connectivity index (χ2n) is 4.48. The lowest BCUT2D eigenvalue weighted by Gasteiger charge is -2.06. The molecular weight excluding hydrogens is 279 g/mol. The van der Waals surface area contributed by atoms with Crippen LogP contribution >= 0.6 is 23.2 Å². The Hall–Kier alpha value is -1.44. The first-order valence-electron chi connectivity index (χ1n) is 6.09. The number of para-hydroxylation sites is 1. The number of hydrogen-bond donors (Lipinski definition) is 0. The van der Waals surface area contributed by atoms with Crippen LogP contribution in [-0.2, 0) is 6.42 Å². The van der Waals surface area contributed by atoms with E-state index in [1.807, 2.05) is 54.6 Å². The zero-order valence-electron chi connectivity index (χ0n) is 10.1. The van der Waals surface area contributed by atoms with E-state index in [-0.39, 0.29) is 5.38 Å². The Morgan fingerprint density at radius 3 is 2.47 bits per heavy atom. The molecule has 0 bridgehead atoms. The maximum atomic E-state index is 6.43. The summed E-state index contributed by atoms with van der Waals surface area (Å²) in [5.41, 5.74) is 2.02. The van der Waals surface area contributed by atoms with Gasteiger partial charge in [0.05, 0.1) is 5.38 Å². The molecule has 0 N–H and O–H groups in total. The Bertz CT molecular complexity index is 652. The van der Waals surface area contributed by atoms with Crippen LogP contribution in [0, 0.1) is 0 Å². The maximum Gasteiger partial charge on any atom is 0.134 e. The lowest BCUT2D eigenvalue weighted by atomic mass is 10.1. The fraction of sp³-hybridized carbons (Fsp3) is 0.125. The van der Waals surface area contributed by atoms with Crippen molar-refractivity contribution < 1.29 is 4.42 Å². The second-order valence-corrected chi connectivity index (χ2v) is 5.45. The highest BCUT2D eigenvalue weighted by molar-refractivity contribution is 6.30. The number of halogens is 2. The van der Waals surface area contributed by atoms with Crippen LogP contribution < -0.4 is 0 Å². The predicted octanol–water partition coefficient (Wildman–Crippen LogP) is 5.61. The number of furan rings is 1. The topological polar surface area (TPSA) is 13.1 Å². The largest absolute Gasteiger partial charge is 0.459 e. The lowest BCUT2D eigenvalue weighted by Crippen LogP contribution is -1.93. The van der Waals surface area contributed by atoms with Crippen molar-refractivity contribution in [2.75, 3.05) is 0 Å². The molecule has 0 aliphatic heterocycles. The van der Waals surface area contributed by atoms with Gasteiger partial charge in [0, 0.05) is 10.4 Å². The molecule has 0 saturated carbocycles. The van der Waals surface area contributed by atoms with Gasteiger partial charge in [-0.05, 0) is 36.2 Å². The van der Waals surface area contributed by atoms with Crippen LogP contribution in [0.5, 0.6) is 0 Å². The molecule has 19 heavy (non-hydrogen) atoms. The lowest BCUT2D eigenvalue weighted by molar-refractivity contribution is 0.540. The number of benzene rings is 2. The maximum absolute atomic E-state index is 6.43. The fourth-order valence-electron chi connectivity index (χ4n) is 2.08. The van der Waals surface area contributed by atoms with Crippen molar-refractivity contribution in [1.82, 2.24) is 0 Å². The molecule has 0 aliphatic carbocycles. The van der Waals surface area contributed by atoms with Crippen LogP contribution in [0.3, 0.4) is 0 Å². The monoisotopic (exact) mass is 290 g/mol. The van der Waals surface area contributed by atoms with E-state index < -0.39 is 0 Å². The summed E-state index contributed by atoms with van der Waals surface area (Å²) in [6.07, 6.45) is 0.721. The molecule has 2 aromatic carbocycles. The third-order valence-corrected chi connectivity index (χ3v) is 3.70. The summed E-state index contributed by atoms with van der Waals surface area (Å²) >= 11 is 12.3. The average molecular weight is 291 g/mol. The molecule has 0 aliphatic rings. The van der Waals surface area contributed by atoms with Crippen molar-refractivity contribution in [2.45, 2.75) is 11.8 Å². The van der Waals surface area contributed by atoms with Crippen LogP contribution in [-0.4, -0.2) is 0 Å². The van der Waals surface area contributed by atoms with Gasteiger partial charge in [0.15, 0.2) is 0 Å². The van der Waals surface area contributed by atoms with Crippen LogP contribution in [0.25, 0.3) is 11.0 Å². The number of rotatable bonds is 3. The van der Waals surface area contributed by atoms with Gasteiger partial charge in [-0.15, -0.1) is 11.6 Å². The molecule has 0 amide bonds. The molecule has 1 unspecified atom stereocenters. The van der Waals surface area contributed by atoms with Crippen LogP contribution in [0.1, 0.15) is 16.7 Å². The molecule has 3 aromatic rings. The average Bonchev–Trinajstić information content (AvgIpc) is 2.85. The summed E-state index contributed by atoms with van der Waals surface area (Å²) in [4.78, 5) is 0. The van der Waals surface area contributed by atoms with Crippen LogP contribution in [0.2, 0.25) is 5.02 Å². The van der Waals surface area contributed by atoms with E-state index in [0.29, 0.717) is 0 Å². The molecular formula is C16H12Cl2O. The Morgan fingerprint density at radius 2 is 1.74 bits per heavy atom. The second kappa shape index (κ2) is 5.28. The zero-order valence-corrected chi connectivity index (χ0v) is 11.7. The van der Waals surface area contributed by atoms with E-state index in [4.69, 9.17) is 27.6 Å². The summed E-state index contributed by atoms with van der Waals surface area (Å²) in [5.74, 6) is 0.804. The number of alkyl halides is 1. The molecule has 0 saturated heterocycles. The summed E-state index contributed by atoms with van der Waals surface area (Å²) < 4.78 is 5.77. The Labute approximate surface area is 121 Å². The Morgan fingerprint density at radius 1 is 1.00 bits per heavy atom. The molecule has 0 fully saturated rings. The zero-order chi connectivity index (χ0) is 13.2. The van der Waals surface area contributed by atoms with Crippen molar-refractivity contribution in [3.05, 3.63) is 70.9 Å². The molecule has 0 radical (unpaired) electrons. The molecule has 1 aromatic heterocycles. The highest BCUT2D eigenvalue weighted by atomic mass is 35.5. The van der Waals surface area contributed by atoms with Crippen molar-refractivity contribution >= 4 is 34.2 Å². The standard InChI is InChI=1S/C16H12Cl2O/c17-13-7-5-11(6-8-13)9-14(18)16-10-12-3-1-2-4-15(12)19-16/h1-8,10,14H,9H2. The van der Waals surface area contributed by atoms with Crippen molar-refractivity contribution in [3.63, 3.8) is 0 Å². The number of fused-ring (bicyclic) bond motifs is 1. The van der Waals surface area contributed by atoms with Gasteiger partial charge in [-0.1, -0.05) is 41.9 Å². The van der Waals surface area contributed by atoms with Gasteiger partial charge in [-0.3, -0.25) is 0 Å². The third kappa shape index (κ3) is 2.78. The SMILES string of the molecule is Clc1ccc(CC(Cl)c2cc3ccccc3o2)cc1. The van der Waals surface area contributed by atoms with Gasteiger partial charge in [-0.25, -0.2) is 0 Å². The van der Waals surface area contributed by atoms with E-state index >= 15 is 0 Å². The summed E-state index contributed by atoms with van der Waals surface area (Å²) in [6.45, 7) is 0. The van der Waals surface area contributed by atoms with Crippen LogP contribution in [0.15, 0.2) is 59.0 Å². The first kappa shape index (κ1) is 12.6. The van der Waals surface area contributed by atoms with E-state index in [1.165, 1.54) is 0 Å². The minimum atomic E-state index is -0.173. The van der Waals surface area contributed by atoms with Gasteiger partial charge in [0.2, 0.25) is 0 Å². The van der Waals surface area contributed by atoms with E-state index in [2.05, 4.69) is 0 Å². The molecule has 3 rings (SSSR count). The van der Waals surface area contributed by atoms with Crippen molar-refractivity contribution in [2.24, 2.45) is 0 Å². The smallest absolute Gasteiger partial charge is 0.134 e. The summed E-state index contributed by atoms with van der Waals surface area (Å²) in [7, 11) is 0. The van der Waals surface area contributed by atoms with Gasteiger partial charge in [0.1, 0.15) is 11.3 Å². The minimum Gasteiger partial charge on any atom is -0.459 e. The molecule has 3 heteroatoms. The molecule has 1 atom stereocenters. The third-order valence-electron chi connectivity index (χ3n) is 3.08. The first-order valence-corrected chi connectivity index (χ1v) is 6.91. The van der Waals surface area contributed by atoms with E-state index in [1.54, 1.807) is 0 Å². The van der Waals surface area contributed by atoms with Gasteiger partial charge in [-0.2, -0.15) is 0 Å². The quantitative estimate of drug-likeness (QED) is 0.572. The Balaban J connectivity index is 1.83. The fourth-order valence-corrected chi connectivity index (χ4v) is 2.50. The van der Waals surface area contributed by atoms with Crippen molar-refractivity contribution in [3.8, 4) is 0 Å². The summed E-state index contributed by atoms with van der Waals surface area (Å²) in [5, 5.41) is 1.64. The normalized spacial score (nSPS) is 12.7. The molecule has 0 spiro atoms. The molecule has 1 heterocycles. The van der Waals surface area contributed by atoms with Crippen molar-refractivity contribution in [1.29, 1.82) is 0 Å². The molecule has 96 valence electrons. The van der Waals surface area contributed by atoms with Gasteiger partial charge >= 0.3 is 0 Å².